The van der Waals surface area contributed by atoms with Gasteiger partial charge < -0.3 is 15.1 Å². The minimum absolute atomic E-state index is 0.444. The maximum absolute atomic E-state index is 9.53. The van der Waals surface area contributed by atoms with Crippen molar-refractivity contribution >= 4 is 48.8 Å². The molecule has 138 valence electrons. The van der Waals surface area contributed by atoms with Gasteiger partial charge in [-0.2, -0.15) is 0 Å². The van der Waals surface area contributed by atoms with Gasteiger partial charge in [0.1, 0.15) is 0 Å². The van der Waals surface area contributed by atoms with Gasteiger partial charge in [-0.05, 0) is 46.3 Å². The molecule has 0 saturated heterocycles. The van der Waals surface area contributed by atoms with E-state index in [0.29, 0.717) is 5.46 Å². The molecular formula is C21H20B2N2O3. The Labute approximate surface area is 165 Å². The van der Waals surface area contributed by atoms with Crippen molar-refractivity contribution in [2.24, 2.45) is 9.98 Å². The molecule has 7 heteroatoms. The van der Waals surface area contributed by atoms with Gasteiger partial charge in [0.05, 0.1) is 11.4 Å². The van der Waals surface area contributed by atoms with Crippen molar-refractivity contribution in [2.45, 2.75) is 6.82 Å². The second-order valence-corrected chi connectivity index (χ2v) is 6.42. The van der Waals surface area contributed by atoms with Gasteiger partial charge in [0, 0.05) is 12.4 Å². The summed E-state index contributed by atoms with van der Waals surface area (Å²) in [6.45, 7) is 1.26. The maximum Gasteiger partial charge on any atom is 0.488 e. The molecule has 0 unspecified atom stereocenters. The average molecular weight is 370 g/mol. The highest BCUT2D eigenvalue weighted by Crippen LogP contribution is 2.18. The second kappa shape index (κ2) is 9.28. The van der Waals surface area contributed by atoms with Gasteiger partial charge >= 0.3 is 14.0 Å². The van der Waals surface area contributed by atoms with Crippen LogP contribution in [0.1, 0.15) is 11.1 Å². The second-order valence-electron chi connectivity index (χ2n) is 6.42. The lowest BCUT2D eigenvalue weighted by Crippen LogP contribution is -2.29. The summed E-state index contributed by atoms with van der Waals surface area (Å²) in [6.07, 6.45) is 3.50. The van der Waals surface area contributed by atoms with E-state index in [1.807, 2.05) is 48.5 Å². The Bertz CT molecular complexity index is 872. The first-order valence-electron chi connectivity index (χ1n) is 8.93. The van der Waals surface area contributed by atoms with E-state index in [9.17, 15) is 5.02 Å². The molecule has 0 aromatic heterocycles. The minimum Gasteiger partial charge on any atom is -0.447 e. The Hall–Kier alpha value is -2.99. The van der Waals surface area contributed by atoms with E-state index in [1.165, 1.54) is 0 Å². The van der Waals surface area contributed by atoms with Crippen LogP contribution in [0.3, 0.4) is 0 Å². The molecule has 5 nitrogen and oxygen atoms in total. The quantitative estimate of drug-likeness (QED) is 0.456. The third-order valence-corrected chi connectivity index (χ3v) is 4.23. The van der Waals surface area contributed by atoms with Gasteiger partial charge in [-0.1, -0.05) is 55.4 Å². The maximum atomic E-state index is 9.53. The average Bonchev–Trinajstić information content (AvgIpc) is 2.72. The van der Waals surface area contributed by atoms with E-state index in [2.05, 4.69) is 9.98 Å². The third-order valence-electron chi connectivity index (χ3n) is 4.23. The molecule has 0 saturated carbocycles. The molecule has 3 aromatic carbocycles. The van der Waals surface area contributed by atoms with Gasteiger partial charge in [-0.3, -0.25) is 9.98 Å². The van der Waals surface area contributed by atoms with E-state index < -0.39 is 14.0 Å². The molecule has 0 aliphatic carbocycles. The Morgan fingerprint density at radius 3 is 1.36 bits per heavy atom. The summed E-state index contributed by atoms with van der Waals surface area (Å²) < 4.78 is 0. The zero-order valence-corrected chi connectivity index (χ0v) is 15.5. The molecule has 28 heavy (non-hydrogen) atoms. The van der Waals surface area contributed by atoms with E-state index >= 15 is 0 Å². The van der Waals surface area contributed by atoms with Gasteiger partial charge in [0.15, 0.2) is 0 Å². The van der Waals surface area contributed by atoms with Crippen LogP contribution in [0, 0.1) is 0 Å². The standard InChI is InChI=1S/C21H20B2N2O3/c1-22(26)18-6-2-16(3-7-18)14-24-20-10-12-21(13-11-20)25-15-17-4-8-19(9-5-17)23(27)28/h2-15,26-28H,1H3. The zero-order chi connectivity index (χ0) is 19.9. The van der Waals surface area contributed by atoms with Gasteiger partial charge in [-0.15, -0.1) is 0 Å². The fourth-order valence-electron chi connectivity index (χ4n) is 2.54. The predicted molar refractivity (Wildman–Crippen MR) is 117 cm³/mol. The first-order chi connectivity index (χ1) is 13.5. The van der Waals surface area contributed by atoms with Crippen molar-refractivity contribution < 1.29 is 15.1 Å². The van der Waals surface area contributed by atoms with Crippen LogP contribution >= 0.6 is 0 Å². The molecule has 0 aliphatic rings. The first kappa shape index (κ1) is 19.8. The van der Waals surface area contributed by atoms with Crippen LogP contribution in [-0.2, 0) is 0 Å². The summed E-state index contributed by atoms with van der Waals surface area (Å²) in [7, 11) is -1.46. The molecule has 0 amide bonds. The van der Waals surface area contributed by atoms with Crippen LogP contribution < -0.4 is 10.9 Å². The molecule has 3 N–H and O–H groups in total. The number of benzene rings is 3. The van der Waals surface area contributed by atoms with Crippen molar-refractivity contribution in [2.75, 3.05) is 0 Å². The number of aliphatic imine (C=N–C) groups is 2. The summed E-state index contributed by atoms with van der Waals surface area (Å²) in [4.78, 5) is 8.86. The fraction of sp³-hybridized carbons (Fsp3) is 0.0476. The highest BCUT2D eigenvalue weighted by molar-refractivity contribution is 6.64. The normalized spacial score (nSPS) is 11.3. The molecule has 3 rings (SSSR count). The molecule has 0 spiro atoms. The van der Waals surface area contributed by atoms with Crippen LogP contribution in [0.15, 0.2) is 82.8 Å². The minimum atomic E-state index is -1.46. The van der Waals surface area contributed by atoms with Crippen LogP contribution in [0.4, 0.5) is 11.4 Å². The molecule has 0 atom stereocenters. The van der Waals surface area contributed by atoms with Gasteiger partial charge in [0.25, 0.3) is 0 Å². The largest absolute Gasteiger partial charge is 0.488 e. The number of rotatable bonds is 6. The smallest absolute Gasteiger partial charge is 0.447 e. The van der Waals surface area contributed by atoms with Crippen LogP contribution in [0.2, 0.25) is 6.82 Å². The molecule has 0 fully saturated rings. The number of hydrogen-bond donors (Lipinski definition) is 3. The van der Waals surface area contributed by atoms with E-state index in [-0.39, 0.29) is 0 Å². The predicted octanol–water partition coefficient (Wildman–Crippen LogP) is 1.69. The van der Waals surface area contributed by atoms with Crippen molar-refractivity contribution in [3.63, 3.8) is 0 Å². The summed E-state index contributed by atoms with van der Waals surface area (Å²) in [6, 6.07) is 22.0. The molecular weight excluding hydrogens is 350 g/mol. The molecule has 0 aliphatic heterocycles. The molecule has 3 aromatic rings. The van der Waals surface area contributed by atoms with Crippen LogP contribution in [0.25, 0.3) is 0 Å². The van der Waals surface area contributed by atoms with Gasteiger partial charge in [0.2, 0.25) is 0 Å². The lowest BCUT2D eigenvalue weighted by Gasteiger charge is -2.01. The van der Waals surface area contributed by atoms with Crippen LogP contribution in [-0.4, -0.2) is 41.5 Å². The van der Waals surface area contributed by atoms with Crippen molar-refractivity contribution in [1.82, 2.24) is 0 Å². The molecule has 0 heterocycles. The Morgan fingerprint density at radius 1 is 0.607 bits per heavy atom. The van der Waals surface area contributed by atoms with Crippen LogP contribution in [0.5, 0.6) is 0 Å². The van der Waals surface area contributed by atoms with Crippen molar-refractivity contribution in [3.05, 3.63) is 83.9 Å². The first-order valence-corrected chi connectivity index (χ1v) is 8.93. The van der Waals surface area contributed by atoms with E-state index in [4.69, 9.17) is 10.0 Å². The SMILES string of the molecule is CB(O)c1ccc(C=Nc2ccc(N=Cc3ccc(B(O)O)cc3)cc2)cc1. The monoisotopic (exact) mass is 370 g/mol. The number of hydrogen-bond acceptors (Lipinski definition) is 5. The lowest BCUT2D eigenvalue weighted by molar-refractivity contribution is 0.426. The van der Waals surface area contributed by atoms with Crippen molar-refractivity contribution in [1.29, 1.82) is 0 Å². The van der Waals surface area contributed by atoms with E-state index in [0.717, 1.165) is 28.0 Å². The Kier molecular flexibility index (Phi) is 6.55. The van der Waals surface area contributed by atoms with Crippen molar-refractivity contribution in [3.8, 4) is 0 Å². The lowest BCUT2D eigenvalue weighted by atomic mass is 9.64. The Morgan fingerprint density at radius 2 is 1.00 bits per heavy atom. The highest BCUT2D eigenvalue weighted by atomic mass is 16.4. The zero-order valence-electron chi connectivity index (χ0n) is 15.5. The molecule has 0 bridgehead atoms. The summed E-state index contributed by atoms with van der Waals surface area (Å²) in [5.74, 6) is 0. The van der Waals surface area contributed by atoms with Gasteiger partial charge in [-0.25, -0.2) is 0 Å². The summed E-state index contributed by atoms with van der Waals surface area (Å²) in [5.41, 5.74) is 4.77. The topological polar surface area (TPSA) is 85.4 Å². The fourth-order valence-corrected chi connectivity index (χ4v) is 2.54. The third kappa shape index (κ3) is 5.50. The summed E-state index contributed by atoms with van der Waals surface area (Å²) >= 11 is 0. The number of nitrogens with zero attached hydrogens (tertiary/aromatic N) is 2. The molecule has 0 radical (unpaired) electrons. The highest BCUT2D eigenvalue weighted by Gasteiger charge is 2.09. The summed E-state index contributed by atoms with van der Waals surface area (Å²) in [5, 5.41) is 27.7. The van der Waals surface area contributed by atoms with E-state index in [1.54, 1.807) is 43.5 Å². The Balaban J connectivity index is 1.62.